The van der Waals surface area contributed by atoms with Crippen LogP contribution >= 0.6 is 23.1 Å². The van der Waals surface area contributed by atoms with E-state index in [1.165, 1.54) is 12.2 Å². The Labute approximate surface area is 86.3 Å². The molecule has 0 radical (unpaired) electrons. The third-order valence-corrected chi connectivity index (χ3v) is 4.18. The summed E-state index contributed by atoms with van der Waals surface area (Å²) in [5, 5.41) is 14.2. The van der Waals surface area contributed by atoms with Gasteiger partial charge in [0.1, 0.15) is 5.01 Å². The number of hydrogen-bond donors (Lipinski definition) is 1. The van der Waals surface area contributed by atoms with Gasteiger partial charge in [-0.1, -0.05) is 18.3 Å². The first-order valence-electron chi connectivity index (χ1n) is 4.42. The summed E-state index contributed by atoms with van der Waals surface area (Å²) >= 11 is 3.66. The summed E-state index contributed by atoms with van der Waals surface area (Å²) in [5.41, 5.74) is 0. The van der Waals surface area contributed by atoms with Crippen molar-refractivity contribution in [1.29, 1.82) is 0 Å². The zero-order valence-electron chi connectivity index (χ0n) is 7.78. The SMILES string of the molecule is Cc1nnc(NC2CSC(C)C2)s1. The lowest BCUT2D eigenvalue weighted by molar-refractivity contribution is 0.744. The van der Waals surface area contributed by atoms with Crippen LogP contribution in [0.25, 0.3) is 0 Å². The van der Waals surface area contributed by atoms with Crippen molar-refractivity contribution in [3.63, 3.8) is 0 Å². The van der Waals surface area contributed by atoms with Gasteiger partial charge in [0.25, 0.3) is 0 Å². The lowest BCUT2D eigenvalue weighted by atomic mass is 10.2. The molecule has 13 heavy (non-hydrogen) atoms. The molecule has 1 aliphatic heterocycles. The van der Waals surface area contributed by atoms with Crippen molar-refractivity contribution in [2.45, 2.75) is 31.6 Å². The molecule has 2 heterocycles. The monoisotopic (exact) mass is 215 g/mol. The van der Waals surface area contributed by atoms with Crippen molar-refractivity contribution >= 4 is 28.2 Å². The molecule has 1 saturated heterocycles. The number of thioether (sulfide) groups is 1. The van der Waals surface area contributed by atoms with Crippen LogP contribution in [0.4, 0.5) is 5.13 Å². The minimum atomic E-state index is 0.590. The minimum Gasteiger partial charge on any atom is -0.356 e. The van der Waals surface area contributed by atoms with Gasteiger partial charge in [0.15, 0.2) is 0 Å². The van der Waals surface area contributed by atoms with Crippen LogP contribution < -0.4 is 5.32 Å². The Hall–Kier alpha value is -0.290. The van der Waals surface area contributed by atoms with Crippen LogP contribution in [0, 0.1) is 6.92 Å². The summed E-state index contributed by atoms with van der Waals surface area (Å²) in [6.07, 6.45) is 1.24. The van der Waals surface area contributed by atoms with Crippen LogP contribution in [0.2, 0.25) is 0 Å². The molecule has 2 atom stereocenters. The summed E-state index contributed by atoms with van der Waals surface area (Å²) in [5.74, 6) is 1.19. The van der Waals surface area contributed by atoms with Crippen molar-refractivity contribution in [1.82, 2.24) is 10.2 Å². The molecule has 1 aromatic rings. The fraction of sp³-hybridized carbons (Fsp3) is 0.750. The lowest BCUT2D eigenvalue weighted by Gasteiger charge is -2.08. The molecular weight excluding hydrogens is 202 g/mol. The average Bonchev–Trinajstić information content (AvgIpc) is 2.62. The number of aryl methyl sites for hydroxylation is 1. The van der Waals surface area contributed by atoms with Crippen molar-refractivity contribution in [2.75, 3.05) is 11.1 Å². The van der Waals surface area contributed by atoms with Gasteiger partial charge in [-0.25, -0.2) is 0 Å². The Morgan fingerprint density at radius 3 is 2.85 bits per heavy atom. The fourth-order valence-electron chi connectivity index (χ4n) is 1.45. The first-order chi connectivity index (χ1) is 6.24. The molecule has 0 saturated carbocycles. The van der Waals surface area contributed by atoms with Crippen LogP contribution in [-0.2, 0) is 0 Å². The van der Waals surface area contributed by atoms with Crippen molar-refractivity contribution in [3.8, 4) is 0 Å². The van der Waals surface area contributed by atoms with Gasteiger partial charge in [-0.3, -0.25) is 0 Å². The Balaban J connectivity index is 1.91. The van der Waals surface area contributed by atoms with Crippen LogP contribution in [-0.4, -0.2) is 27.2 Å². The van der Waals surface area contributed by atoms with E-state index in [-0.39, 0.29) is 0 Å². The van der Waals surface area contributed by atoms with E-state index in [1.54, 1.807) is 11.3 Å². The van der Waals surface area contributed by atoms with E-state index in [0.29, 0.717) is 6.04 Å². The molecule has 0 aliphatic carbocycles. The molecule has 5 heteroatoms. The standard InChI is InChI=1S/C8H13N3S2/c1-5-3-7(4-12-5)9-8-11-10-6(2)13-8/h5,7H,3-4H2,1-2H3,(H,9,11). The summed E-state index contributed by atoms with van der Waals surface area (Å²) in [7, 11) is 0. The number of anilines is 1. The Kier molecular flexibility index (Phi) is 2.74. The number of rotatable bonds is 2. The van der Waals surface area contributed by atoms with Crippen LogP contribution in [0.3, 0.4) is 0 Å². The van der Waals surface area contributed by atoms with Crippen LogP contribution in [0.5, 0.6) is 0 Å². The van der Waals surface area contributed by atoms with E-state index in [9.17, 15) is 0 Å². The molecule has 2 unspecified atom stereocenters. The minimum absolute atomic E-state index is 0.590. The molecule has 1 aromatic heterocycles. The van der Waals surface area contributed by atoms with Gasteiger partial charge in [0.2, 0.25) is 5.13 Å². The van der Waals surface area contributed by atoms with Crippen LogP contribution in [0.15, 0.2) is 0 Å². The first kappa shape index (κ1) is 9.27. The molecule has 0 aromatic carbocycles. The average molecular weight is 215 g/mol. The highest BCUT2D eigenvalue weighted by molar-refractivity contribution is 8.00. The second kappa shape index (κ2) is 3.84. The van der Waals surface area contributed by atoms with Gasteiger partial charge in [-0.15, -0.1) is 10.2 Å². The van der Waals surface area contributed by atoms with Gasteiger partial charge in [0.05, 0.1) is 0 Å². The van der Waals surface area contributed by atoms with Crippen molar-refractivity contribution in [3.05, 3.63) is 5.01 Å². The van der Waals surface area contributed by atoms with Gasteiger partial charge >= 0.3 is 0 Å². The molecular formula is C8H13N3S2. The smallest absolute Gasteiger partial charge is 0.205 e. The first-order valence-corrected chi connectivity index (χ1v) is 6.29. The van der Waals surface area contributed by atoms with Gasteiger partial charge < -0.3 is 5.32 Å². The van der Waals surface area contributed by atoms with E-state index >= 15 is 0 Å². The molecule has 0 bridgehead atoms. The predicted octanol–water partition coefficient (Wildman–Crippen LogP) is 2.15. The largest absolute Gasteiger partial charge is 0.356 e. The van der Waals surface area contributed by atoms with Gasteiger partial charge in [0, 0.05) is 17.0 Å². The Morgan fingerprint density at radius 2 is 2.31 bits per heavy atom. The summed E-state index contributed by atoms with van der Waals surface area (Å²) in [6.45, 7) is 4.26. The third kappa shape index (κ3) is 2.34. The number of hydrogen-bond acceptors (Lipinski definition) is 5. The maximum absolute atomic E-state index is 4.05. The zero-order valence-corrected chi connectivity index (χ0v) is 9.41. The summed E-state index contributed by atoms with van der Waals surface area (Å²) in [6, 6.07) is 0.590. The quantitative estimate of drug-likeness (QED) is 0.820. The maximum atomic E-state index is 4.05. The molecule has 1 N–H and O–H groups in total. The van der Waals surface area contributed by atoms with Crippen molar-refractivity contribution < 1.29 is 0 Å². The van der Waals surface area contributed by atoms with Crippen LogP contribution in [0.1, 0.15) is 18.4 Å². The Bertz CT molecular complexity index is 287. The van der Waals surface area contributed by atoms with E-state index in [0.717, 1.165) is 15.4 Å². The van der Waals surface area contributed by atoms with Gasteiger partial charge in [-0.05, 0) is 13.3 Å². The Morgan fingerprint density at radius 1 is 1.46 bits per heavy atom. The van der Waals surface area contributed by atoms with E-state index < -0.39 is 0 Å². The molecule has 0 spiro atoms. The zero-order chi connectivity index (χ0) is 9.26. The summed E-state index contributed by atoms with van der Waals surface area (Å²) in [4.78, 5) is 0. The number of nitrogens with zero attached hydrogens (tertiary/aromatic N) is 2. The van der Waals surface area contributed by atoms with E-state index in [1.807, 2.05) is 18.7 Å². The van der Waals surface area contributed by atoms with E-state index in [2.05, 4.69) is 22.4 Å². The highest BCUT2D eigenvalue weighted by Gasteiger charge is 2.22. The molecule has 72 valence electrons. The van der Waals surface area contributed by atoms with Gasteiger partial charge in [-0.2, -0.15) is 11.8 Å². The molecule has 1 fully saturated rings. The topological polar surface area (TPSA) is 37.8 Å². The second-order valence-corrected chi connectivity index (χ2v) is 6.00. The molecule has 3 nitrogen and oxygen atoms in total. The number of aromatic nitrogens is 2. The summed E-state index contributed by atoms with van der Waals surface area (Å²) < 4.78 is 0. The molecule has 2 rings (SSSR count). The normalized spacial score (nSPS) is 27.8. The fourth-order valence-corrected chi connectivity index (χ4v) is 3.26. The maximum Gasteiger partial charge on any atom is 0.205 e. The number of nitrogens with one attached hydrogen (secondary N) is 1. The van der Waals surface area contributed by atoms with Crippen molar-refractivity contribution in [2.24, 2.45) is 0 Å². The third-order valence-electron chi connectivity index (χ3n) is 2.05. The second-order valence-electron chi connectivity index (χ2n) is 3.35. The molecule has 0 amide bonds. The lowest BCUT2D eigenvalue weighted by Crippen LogP contribution is -2.18. The van der Waals surface area contributed by atoms with E-state index in [4.69, 9.17) is 0 Å². The highest BCUT2D eigenvalue weighted by atomic mass is 32.2. The molecule has 1 aliphatic rings. The predicted molar refractivity (Wildman–Crippen MR) is 58.6 cm³/mol. The highest BCUT2D eigenvalue weighted by Crippen LogP contribution is 2.28.